The molecule has 1 amide bonds. The fourth-order valence-corrected chi connectivity index (χ4v) is 2.75. The van der Waals surface area contributed by atoms with Crippen molar-refractivity contribution in [2.24, 2.45) is 5.73 Å². The summed E-state index contributed by atoms with van der Waals surface area (Å²) in [6.07, 6.45) is 3.39. The van der Waals surface area contributed by atoms with Gasteiger partial charge in [-0.3, -0.25) is 4.79 Å². The van der Waals surface area contributed by atoms with Crippen LogP contribution in [0.2, 0.25) is 0 Å². The number of hydrogen-bond acceptors (Lipinski definition) is 3. The highest BCUT2D eigenvalue weighted by Crippen LogP contribution is 2.24. The molecule has 1 aliphatic heterocycles. The summed E-state index contributed by atoms with van der Waals surface area (Å²) in [6, 6.07) is 7.87. The zero-order valence-electron chi connectivity index (χ0n) is 12.4. The molecule has 20 heavy (non-hydrogen) atoms. The standard InChI is InChI=1S/C16H24N2O2/c1-3-10-16(17)11-18(12-16)15(19)9-6-13-4-7-14(20-2)8-5-13/h4-5,7-8H,3,6,9-12,17H2,1-2H3. The fourth-order valence-electron chi connectivity index (χ4n) is 2.75. The number of amides is 1. The average Bonchev–Trinajstić information content (AvgIpc) is 2.43. The molecule has 1 saturated heterocycles. The topological polar surface area (TPSA) is 55.6 Å². The van der Waals surface area contributed by atoms with Crippen LogP contribution in [0.1, 0.15) is 31.7 Å². The monoisotopic (exact) mass is 276 g/mol. The van der Waals surface area contributed by atoms with Crippen LogP contribution in [0.15, 0.2) is 24.3 Å². The van der Waals surface area contributed by atoms with Gasteiger partial charge in [-0.15, -0.1) is 0 Å². The Morgan fingerprint density at radius 1 is 1.35 bits per heavy atom. The van der Waals surface area contributed by atoms with Crippen molar-refractivity contribution in [3.05, 3.63) is 29.8 Å². The molecule has 0 saturated carbocycles. The summed E-state index contributed by atoms with van der Waals surface area (Å²) in [6.45, 7) is 3.55. The molecule has 0 aromatic heterocycles. The first-order valence-electron chi connectivity index (χ1n) is 7.26. The van der Waals surface area contributed by atoms with E-state index >= 15 is 0 Å². The summed E-state index contributed by atoms with van der Waals surface area (Å²) >= 11 is 0. The van der Waals surface area contributed by atoms with Crippen molar-refractivity contribution in [1.29, 1.82) is 0 Å². The number of aryl methyl sites for hydroxylation is 1. The summed E-state index contributed by atoms with van der Waals surface area (Å²) in [5, 5.41) is 0. The lowest BCUT2D eigenvalue weighted by atomic mass is 9.86. The van der Waals surface area contributed by atoms with Crippen molar-refractivity contribution in [3.63, 3.8) is 0 Å². The summed E-state index contributed by atoms with van der Waals surface area (Å²) < 4.78 is 5.12. The zero-order chi connectivity index (χ0) is 14.6. The maximum absolute atomic E-state index is 12.1. The highest BCUT2D eigenvalue weighted by molar-refractivity contribution is 5.77. The molecule has 1 fully saturated rings. The first kappa shape index (κ1) is 14.9. The van der Waals surface area contributed by atoms with Gasteiger partial charge >= 0.3 is 0 Å². The van der Waals surface area contributed by atoms with Crippen molar-refractivity contribution in [3.8, 4) is 5.75 Å². The molecule has 1 aromatic carbocycles. The lowest BCUT2D eigenvalue weighted by Gasteiger charge is -2.48. The first-order chi connectivity index (χ1) is 9.56. The van der Waals surface area contributed by atoms with Gasteiger partial charge in [-0.05, 0) is 30.5 Å². The van der Waals surface area contributed by atoms with E-state index in [9.17, 15) is 4.79 Å². The number of nitrogens with zero attached hydrogens (tertiary/aromatic N) is 1. The summed E-state index contributed by atoms with van der Waals surface area (Å²) in [5.41, 5.74) is 7.20. The third kappa shape index (κ3) is 3.51. The second-order valence-corrected chi connectivity index (χ2v) is 5.71. The largest absolute Gasteiger partial charge is 0.497 e. The van der Waals surface area contributed by atoms with Gasteiger partial charge in [-0.2, -0.15) is 0 Å². The van der Waals surface area contributed by atoms with Crippen LogP contribution in [-0.2, 0) is 11.2 Å². The molecule has 110 valence electrons. The predicted octanol–water partition coefficient (Wildman–Crippen LogP) is 1.97. The van der Waals surface area contributed by atoms with E-state index < -0.39 is 0 Å². The minimum Gasteiger partial charge on any atom is -0.497 e. The maximum Gasteiger partial charge on any atom is 0.223 e. The summed E-state index contributed by atoms with van der Waals surface area (Å²) in [4.78, 5) is 13.9. The molecule has 0 aliphatic carbocycles. The van der Waals surface area contributed by atoms with Gasteiger partial charge in [-0.25, -0.2) is 0 Å². The number of likely N-dealkylation sites (tertiary alicyclic amines) is 1. The molecule has 4 nitrogen and oxygen atoms in total. The number of ether oxygens (including phenoxy) is 1. The van der Waals surface area contributed by atoms with Gasteiger partial charge < -0.3 is 15.4 Å². The van der Waals surface area contributed by atoms with Crippen molar-refractivity contribution in [1.82, 2.24) is 4.90 Å². The number of carbonyl (C=O) groups is 1. The molecular formula is C16H24N2O2. The fraction of sp³-hybridized carbons (Fsp3) is 0.562. The van der Waals surface area contributed by atoms with Gasteiger partial charge in [-0.1, -0.05) is 25.5 Å². The number of methoxy groups -OCH3 is 1. The van der Waals surface area contributed by atoms with Gasteiger partial charge in [0.25, 0.3) is 0 Å². The molecule has 0 radical (unpaired) electrons. The van der Waals surface area contributed by atoms with E-state index in [0.29, 0.717) is 19.5 Å². The maximum atomic E-state index is 12.1. The van der Waals surface area contributed by atoms with Gasteiger partial charge in [0, 0.05) is 19.5 Å². The van der Waals surface area contributed by atoms with Crippen LogP contribution in [0.5, 0.6) is 5.75 Å². The summed E-state index contributed by atoms with van der Waals surface area (Å²) in [7, 11) is 1.65. The quantitative estimate of drug-likeness (QED) is 0.864. The third-order valence-corrected chi connectivity index (χ3v) is 3.90. The van der Waals surface area contributed by atoms with E-state index in [0.717, 1.165) is 30.6 Å². The Hall–Kier alpha value is -1.55. The number of benzene rings is 1. The third-order valence-electron chi connectivity index (χ3n) is 3.90. The molecule has 1 aliphatic rings. The van der Waals surface area contributed by atoms with Crippen molar-refractivity contribution >= 4 is 5.91 Å². The Morgan fingerprint density at radius 3 is 2.55 bits per heavy atom. The first-order valence-corrected chi connectivity index (χ1v) is 7.26. The molecule has 2 N–H and O–H groups in total. The van der Waals surface area contributed by atoms with Crippen molar-refractivity contribution < 1.29 is 9.53 Å². The van der Waals surface area contributed by atoms with Crippen LogP contribution in [0.25, 0.3) is 0 Å². The van der Waals surface area contributed by atoms with Gasteiger partial charge in [0.15, 0.2) is 0 Å². The van der Waals surface area contributed by atoms with E-state index in [4.69, 9.17) is 10.5 Å². The van der Waals surface area contributed by atoms with E-state index in [1.807, 2.05) is 29.2 Å². The predicted molar refractivity (Wildman–Crippen MR) is 79.7 cm³/mol. The Balaban J connectivity index is 1.76. The smallest absolute Gasteiger partial charge is 0.223 e. The minimum absolute atomic E-state index is 0.134. The van der Waals surface area contributed by atoms with Crippen LogP contribution < -0.4 is 10.5 Å². The molecule has 1 aromatic rings. The minimum atomic E-state index is -0.134. The Kier molecular flexibility index (Phi) is 4.65. The second kappa shape index (κ2) is 6.27. The van der Waals surface area contributed by atoms with Crippen LogP contribution in [-0.4, -0.2) is 36.5 Å². The average molecular weight is 276 g/mol. The number of nitrogens with two attached hydrogens (primary N) is 1. The van der Waals surface area contributed by atoms with E-state index in [1.165, 1.54) is 0 Å². The lowest BCUT2D eigenvalue weighted by Crippen LogP contribution is -2.68. The Labute approximate surface area is 120 Å². The zero-order valence-corrected chi connectivity index (χ0v) is 12.4. The molecule has 2 rings (SSSR count). The second-order valence-electron chi connectivity index (χ2n) is 5.71. The normalized spacial score (nSPS) is 16.6. The molecule has 0 atom stereocenters. The molecule has 0 bridgehead atoms. The lowest BCUT2D eigenvalue weighted by molar-refractivity contribution is -0.138. The van der Waals surface area contributed by atoms with Crippen LogP contribution >= 0.6 is 0 Å². The number of hydrogen-bond donors (Lipinski definition) is 1. The van der Waals surface area contributed by atoms with Gasteiger partial charge in [0.1, 0.15) is 5.75 Å². The van der Waals surface area contributed by atoms with Gasteiger partial charge in [0.2, 0.25) is 5.91 Å². The number of rotatable bonds is 6. The van der Waals surface area contributed by atoms with E-state index in [2.05, 4.69) is 6.92 Å². The van der Waals surface area contributed by atoms with Gasteiger partial charge in [0.05, 0.1) is 12.6 Å². The van der Waals surface area contributed by atoms with Crippen molar-refractivity contribution in [2.75, 3.05) is 20.2 Å². The Bertz CT molecular complexity index is 450. The van der Waals surface area contributed by atoms with E-state index in [-0.39, 0.29) is 11.4 Å². The van der Waals surface area contributed by atoms with Crippen molar-refractivity contribution in [2.45, 2.75) is 38.1 Å². The SMILES string of the molecule is CCCC1(N)CN(C(=O)CCc2ccc(OC)cc2)C1. The van der Waals surface area contributed by atoms with Crippen LogP contribution in [0.3, 0.4) is 0 Å². The molecule has 0 spiro atoms. The van der Waals surface area contributed by atoms with Crippen LogP contribution in [0.4, 0.5) is 0 Å². The molecule has 4 heteroatoms. The highest BCUT2D eigenvalue weighted by atomic mass is 16.5. The van der Waals surface area contributed by atoms with E-state index in [1.54, 1.807) is 7.11 Å². The molecule has 1 heterocycles. The highest BCUT2D eigenvalue weighted by Gasteiger charge is 2.40. The molecule has 0 unspecified atom stereocenters. The van der Waals surface area contributed by atoms with Crippen LogP contribution in [0, 0.1) is 0 Å². The molecular weight excluding hydrogens is 252 g/mol. The number of carbonyl (C=O) groups excluding carboxylic acids is 1. The summed E-state index contributed by atoms with van der Waals surface area (Å²) in [5.74, 6) is 1.05. The Morgan fingerprint density at radius 2 is 2.00 bits per heavy atom.